The molecular formula is C26H21F3N4O3. The molecule has 0 aliphatic carbocycles. The number of aryl methyl sites for hydroxylation is 1. The van der Waals surface area contributed by atoms with E-state index in [0.717, 1.165) is 17.7 Å². The molecule has 0 radical (unpaired) electrons. The van der Waals surface area contributed by atoms with Gasteiger partial charge in [0.15, 0.2) is 0 Å². The number of aliphatic imine (C=N–C) groups is 2. The number of rotatable bonds is 8. The van der Waals surface area contributed by atoms with Gasteiger partial charge in [-0.25, -0.2) is 9.98 Å². The Morgan fingerprint density at radius 1 is 0.917 bits per heavy atom. The Bertz CT molecular complexity index is 1280. The highest BCUT2D eigenvalue weighted by Crippen LogP contribution is 2.25. The van der Waals surface area contributed by atoms with Crippen molar-refractivity contribution in [2.24, 2.45) is 15.7 Å². The number of imide groups is 1. The van der Waals surface area contributed by atoms with Crippen LogP contribution in [0.15, 0.2) is 82.8 Å². The van der Waals surface area contributed by atoms with E-state index in [1.807, 2.05) is 12.1 Å². The van der Waals surface area contributed by atoms with Crippen molar-refractivity contribution in [2.75, 3.05) is 6.54 Å². The summed E-state index contributed by atoms with van der Waals surface area (Å²) in [5.74, 6) is -0.647. The summed E-state index contributed by atoms with van der Waals surface area (Å²) in [7, 11) is 0. The second kappa shape index (κ2) is 10.4. The molecular weight excluding hydrogens is 473 g/mol. The molecule has 1 aliphatic heterocycles. The molecule has 0 bridgehead atoms. The molecule has 0 unspecified atom stereocenters. The molecule has 7 nitrogen and oxygen atoms in total. The lowest BCUT2D eigenvalue weighted by Crippen LogP contribution is -2.30. The summed E-state index contributed by atoms with van der Waals surface area (Å²) in [4.78, 5) is 34.2. The number of carbonyl (C=O) groups is 2. The molecule has 36 heavy (non-hydrogen) atoms. The van der Waals surface area contributed by atoms with Crippen molar-refractivity contribution in [3.63, 3.8) is 0 Å². The number of nitrogens with zero attached hydrogens (tertiary/aromatic N) is 3. The van der Waals surface area contributed by atoms with Crippen LogP contribution in [0.3, 0.4) is 0 Å². The van der Waals surface area contributed by atoms with Gasteiger partial charge in [-0.3, -0.25) is 14.5 Å². The van der Waals surface area contributed by atoms with Gasteiger partial charge in [0.2, 0.25) is 0 Å². The first kappa shape index (κ1) is 24.6. The van der Waals surface area contributed by atoms with Gasteiger partial charge in [-0.15, -0.1) is 13.2 Å². The molecule has 4 rings (SSSR count). The topological polar surface area (TPSA) is 97.3 Å². The van der Waals surface area contributed by atoms with Crippen molar-refractivity contribution < 1.29 is 27.5 Å². The fourth-order valence-corrected chi connectivity index (χ4v) is 3.69. The number of alkyl halides is 3. The lowest BCUT2D eigenvalue weighted by Gasteiger charge is -2.13. The van der Waals surface area contributed by atoms with E-state index in [0.29, 0.717) is 41.8 Å². The number of hydrogen-bond donors (Lipinski definition) is 1. The van der Waals surface area contributed by atoms with Crippen LogP contribution in [0.4, 0.5) is 18.9 Å². The van der Waals surface area contributed by atoms with Gasteiger partial charge < -0.3 is 10.5 Å². The van der Waals surface area contributed by atoms with Crippen LogP contribution >= 0.6 is 0 Å². The zero-order valence-electron chi connectivity index (χ0n) is 18.9. The average molecular weight is 494 g/mol. The molecule has 0 saturated heterocycles. The molecule has 0 spiro atoms. The van der Waals surface area contributed by atoms with Crippen molar-refractivity contribution in [3.05, 3.63) is 95.1 Å². The number of hydrogen-bond acceptors (Lipinski definition) is 4. The van der Waals surface area contributed by atoms with Crippen molar-refractivity contribution in [1.29, 1.82) is 0 Å². The molecule has 1 heterocycles. The zero-order chi connectivity index (χ0) is 25.7. The van der Waals surface area contributed by atoms with E-state index in [9.17, 15) is 22.8 Å². The minimum Gasteiger partial charge on any atom is -0.406 e. The number of carbonyl (C=O) groups excluding carboxylic acids is 2. The average Bonchev–Trinajstić information content (AvgIpc) is 3.09. The summed E-state index contributed by atoms with van der Waals surface area (Å²) in [6.45, 7) is 0.331. The van der Waals surface area contributed by atoms with Gasteiger partial charge >= 0.3 is 6.36 Å². The highest BCUT2D eigenvalue weighted by atomic mass is 19.4. The van der Waals surface area contributed by atoms with Crippen molar-refractivity contribution in [3.8, 4) is 5.75 Å². The largest absolute Gasteiger partial charge is 0.573 e. The molecule has 2 amide bonds. The molecule has 0 saturated carbocycles. The zero-order valence-corrected chi connectivity index (χ0v) is 18.9. The minimum atomic E-state index is -4.75. The lowest BCUT2D eigenvalue weighted by atomic mass is 10.1. The predicted octanol–water partition coefficient (Wildman–Crippen LogP) is 4.88. The van der Waals surface area contributed by atoms with Crippen LogP contribution in [0.25, 0.3) is 0 Å². The highest BCUT2D eigenvalue weighted by molar-refractivity contribution is 6.21. The smallest absolute Gasteiger partial charge is 0.406 e. The van der Waals surface area contributed by atoms with Crippen LogP contribution in [0, 0.1) is 0 Å². The minimum absolute atomic E-state index is 0.216. The van der Waals surface area contributed by atoms with Gasteiger partial charge in [-0.05, 0) is 54.8 Å². The number of amidine groups is 1. The van der Waals surface area contributed by atoms with Gasteiger partial charge in [0, 0.05) is 12.1 Å². The van der Waals surface area contributed by atoms with E-state index < -0.39 is 6.36 Å². The molecule has 3 aromatic rings. The Kier molecular flexibility index (Phi) is 7.14. The molecule has 3 aromatic carbocycles. The molecule has 0 fully saturated rings. The second-order valence-electron chi connectivity index (χ2n) is 7.91. The number of amides is 2. The maximum absolute atomic E-state index is 12.4. The number of halogens is 3. The van der Waals surface area contributed by atoms with E-state index >= 15 is 0 Å². The van der Waals surface area contributed by atoms with Crippen LogP contribution in [-0.4, -0.2) is 41.8 Å². The standard InChI is InChI=1S/C26H21F3N4O3/c27-26(28,29)36-20-13-11-19(12-14-20)31-16-32-23(30)18-9-7-17(8-10-18)4-3-15-33-24(34)21-5-1-2-6-22(21)25(33)35/h1-2,5-14,16H,3-4,15H2,(H2,30,31,32). The summed E-state index contributed by atoms with van der Waals surface area (Å²) in [5.41, 5.74) is 8.94. The first-order valence-corrected chi connectivity index (χ1v) is 11.0. The van der Waals surface area contributed by atoms with Crippen molar-refractivity contribution >= 4 is 29.7 Å². The third-order valence-electron chi connectivity index (χ3n) is 5.45. The van der Waals surface area contributed by atoms with Gasteiger partial charge in [0.1, 0.15) is 17.9 Å². The summed E-state index contributed by atoms with van der Waals surface area (Å²) in [6, 6.07) is 19.2. The van der Waals surface area contributed by atoms with E-state index in [-0.39, 0.29) is 23.4 Å². The third-order valence-corrected chi connectivity index (χ3v) is 5.45. The molecule has 2 N–H and O–H groups in total. The fraction of sp³-hybridized carbons (Fsp3) is 0.154. The van der Waals surface area contributed by atoms with Crippen LogP contribution in [-0.2, 0) is 6.42 Å². The van der Waals surface area contributed by atoms with Crippen LogP contribution < -0.4 is 10.5 Å². The summed E-state index contributed by atoms with van der Waals surface area (Å²) < 4.78 is 40.4. The van der Waals surface area contributed by atoms with Gasteiger partial charge in [0.25, 0.3) is 11.8 Å². The quantitative estimate of drug-likeness (QED) is 0.274. The van der Waals surface area contributed by atoms with Crippen LogP contribution in [0.1, 0.15) is 38.3 Å². The molecule has 0 atom stereocenters. The van der Waals surface area contributed by atoms with E-state index in [1.54, 1.807) is 36.4 Å². The summed E-state index contributed by atoms with van der Waals surface area (Å²) in [6.07, 6.45) is -2.25. The molecule has 1 aliphatic rings. The number of nitrogens with two attached hydrogens (primary N) is 1. The van der Waals surface area contributed by atoms with E-state index in [1.165, 1.54) is 23.4 Å². The number of ether oxygens (including phenoxy) is 1. The SMILES string of the molecule is NC(=NC=Nc1ccc(OC(F)(F)F)cc1)c1ccc(CCCN2C(=O)c3ccccc3C2=O)cc1. The van der Waals surface area contributed by atoms with Crippen molar-refractivity contribution in [2.45, 2.75) is 19.2 Å². The molecule has 10 heteroatoms. The Balaban J connectivity index is 1.28. The van der Waals surface area contributed by atoms with E-state index in [2.05, 4.69) is 14.7 Å². The fourth-order valence-electron chi connectivity index (χ4n) is 3.69. The van der Waals surface area contributed by atoms with Crippen LogP contribution in [0.5, 0.6) is 5.75 Å². The monoisotopic (exact) mass is 494 g/mol. The third kappa shape index (κ3) is 5.96. The first-order valence-electron chi connectivity index (χ1n) is 11.0. The Labute approximate surface area is 204 Å². The number of fused-ring (bicyclic) bond motifs is 1. The van der Waals surface area contributed by atoms with Crippen molar-refractivity contribution in [1.82, 2.24) is 4.90 Å². The predicted molar refractivity (Wildman–Crippen MR) is 129 cm³/mol. The van der Waals surface area contributed by atoms with Gasteiger partial charge in [0.05, 0.1) is 16.8 Å². The number of benzene rings is 3. The van der Waals surface area contributed by atoms with Gasteiger partial charge in [-0.2, -0.15) is 0 Å². The normalized spacial score (nSPS) is 14.0. The molecule has 184 valence electrons. The van der Waals surface area contributed by atoms with Crippen LogP contribution in [0.2, 0.25) is 0 Å². The Morgan fingerprint density at radius 2 is 1.53 bits per heavy atom. The Hall–Kier alpha value is -4.47. The Morgan fingerprint density at radius 3 is 2.11 bits per heavy atom. The summed E-state index contributed by atoms with van der Waals surface area (Å²) in [5, 5.41) is 0. The van der Waals surface area contributed by atoms with Gasteiger partial charge in [-0.1, -0.05) is 36.4 Å². The maximum Gasteiger partial charge on any atom is 0.573 e. The lowest BCUT2D eigenvalue weighted by molar-refractivity contribution is -0.274. The summed E-state index contributed by atoms with van der Waals surface area (Å²) >= 11 is 0. The molecule has 0 aromatic heterocycles. The second-order valence-corrected chi connectivity index (χ2v) is 7.91. The highest BCUT2D eigenvalue weighted by Gasteiger charge is 2.34. The maximum atomic E-state index is 12.4. The first-order chi connectivity index (χ1) is 17.2. The van der Waals surface area contributed by atoms with E-state index in [4.69, 9.17) is 5.73 Å².